The summed E-state index contributed by atoms with van der Waals surface area (Å²) in [5, 5.41) is 0. The van der Waals surface area contributed by atoms with E-state index < -0.39 is 0 Å². The maximum atomic E-state index is 2.65. The van der Waals surface area contributed by atoms with Crippen molar-refractivity contribution in [1.29, 1.82) is 0 Å². The normalized spacial score (nSPS) is 20.9. The fourth-order valence-electron chi connectivity index (χ4n) is 3.29. The van der Waals surface area contributed by atoms with E-state index in [4.69, 9.17) is 0 Å². The lowest BCUT2D eigenvalue weighted by Gasteiger charge is -2.33. The molecule has 0 bridgehead atoms. The third-order valence-electron chi connectivity index (χ3n) is 4.41. The number of hydrogen-bond acceptors (Lipinski definition) is 1. The van der Waals surface area contributed by atoms with Gasteiger partial charge in [-0.1, -0.05) is 41.5 Å². The first kappa shape index (κ1) is 12.0. The van der Waals surface area contributed by atoms with Gasteiger partial charge in [0.25, 0.3) is 0 Å². The second kappa shape index (κ2) is 5.71. The minimum absolute atomic E-state index is 1.20. The van der Waals surface area contributed by atoms with Crippen LogP contribution in [-0.2, 0) is 6.42 Å². The van der Waals surface area contributed by atoms with Crippen LogP contribution in [0.25, 0.3) is 0 Å². The Morgan fingerprint density at radius 1 is 0.889 bits per heavy atom. The summed E-state index contributed by atoms with van der Waals surface area (Å²) < 4.78 is 0. The van der Waals surface area contributed by atoms with E-state index in [1.165, 1.54) is 63.7 Å². The molecule has 3 rings (SSSR count). The van der Waals surface area contributed by atoms with Gasteiger partial charge in [-0.05, 0) is 44.1 Å². The molecule has 0 aromatic heterocycles. The van der Waals surface area contributed by atoms with Crippen LogP contribution in [0.3, 0.4) is 0 Å². The fourth-order valence-corrected chi connectivity index (χ4v) is 3.29. The van der Waals surface area contributed by atoms with Gasteiger partial charge in [-0.3, -0.25) is 4.90 Å². The van der Waals surface area contributed by atoms with Gasteiger partial charge in [-0.25, -0.2) is 0 Å². The molecule has 96 valence electrons. The van der Waals surface area contributed by atoms with Gasteiger partial charge in [0.05, 0.1) is 0 Å². The van der Waals surface area contributed by atoms with E-state index in [-0.39, 0.29) is 0 Å². The van der Waals surface area contributed by atoms with Crippen LogP contribution in [0.15, 0.2) is 41.5 Å². The van der Waals surface area contributed by atoms with Crippen LogP contribution in [-0.4, -0.2) is 24.5 Å². The van der Waals surface area contributed by atoms with E-state index in [1.807, 2.05) is 0 Å². The molecule has 1 aliphatic heterocycles. The Morgan fingerprint density at radius 2 is 1.67 bits per heavy atom. The first-order chi connectivity index (χ1) is 8.92. The smallest absolute Gasteiger partial charge is 0.0195 e. The molecular weight excluding hydrogens is 218 g/mol. The molecule has 1 aromatic carbocycles. The zero-order valence-corrected chi connectivity index (χ0v) is 11.2. The summed E-state index contributed by atoms with van der Waals surface area (Å²) in [6.45, 7) is 3.76. The second-order valence-corrected chi connectivity index (χ2v) is 5.68. The third-order valence-corrected chi connectivity index (χ3v) is 4.41. The Balaban J connectivity index is 1.55. The monoisotopic (exact) mass is 241 g/mol. The molecule has 1 aliphatic carbocycles. The lowest BCUT2D eigenvalue weighted by molar-refractivity contribution is 0.277. The van der Waals surface area contributed by atoms with Gasteiger partial charge in [0, 0.05) is 19.6 Å². The van der Waals surface area contributed by atoms with Crippen molar-refractivity contribution in [2.75, 3.05) is 19.6 Å². The Labute approximate surface area is 111 Å². The van der Waals surface area contributed by atoms with Crippen molar-refractivity contribution in [3.8, 4) is 0 Å². The fraction of sp³-hybridized carbons (Fsp3) is 0.529. The quantitative estimate of drug-likeness (QED) is 0.727. The number of benzene rings is 1. The van der Waals surface area contributed by atoms with Gasteiger partial charge < -0.3 is 0 Å². The van der Waals surface area contributed by atoms with Crippen LogP contribution < -0.4 is 0 Å². The van der Waals surface area contributed by atoms with Crippen LogP contribution >= 0.6 is 0 Å². The number of nitrogens with zero attached hydrogens (tertiary/aromatic N) is 1. The molecule has 0 unspecified atom stereocenters. The zero-order chi connectivity index (χ0) is 12.2. The summed E-state index contributed by atoms with van der Waals surface area (Å²) in [5.41, 5.74) is 5.05. The molecule has 1 heteroatoms. The summed E-state index contributed by atoms with van der Waals surface area (Å²) in [6, 6.07) is 10.9. The minimum Gasteiger partial charge on any atom is -0.299 e. The SMILES string of the molecule is c1ccc(CCN2CCC3=C(CCCC3)C2)cc1. The summed E-state index contributed by atoms with van der Waals surface area (Å²) in [6.07, 6.45) is 8.15. The van der Waals surface area contributed by atoms with Crippen molar-refractivity contribution in [2.24, 2.45) is 0 Å². The Hall–Kier alpha value is -1.08. The Kier molecular flexibility index (Phi) is 3.80. The van der Waals surface area contributed by atoms with E-state index in [2.05, 4.69) is 35.2 Å². The van der Waals surface area contributed by atoms with Crippen molar-refractivity contribution in [3.05, 3.63) is 47.0 Å². The van der Waals surface area contributed by atoms with E-state index >= 15 is 0 Å². The largest absolute Gasteiger partial charge is 0.299 e. The highest BCUT2D eigenvalue weighted by Gasteiger charge is 2.20. The van der Waals surface area contributed by atoms with Crippen molar-refractivity contribution in [1.82, 2.24) is 4.90 Å². The van der Waals surface area contributed by atoms with Gasteiger partial charge >= 0.3 is 0 Å². The first-order valence-electron chi connectivity index (χ1n) is 7.38. The lowest BCUT2D eigenvalue weighted by Crippen LogP contribution is -2.34. The molecule has 0 radical (unpaired) electrons. The summed E-state index contributed by atoms with van der Waals surface area (Å²) in [4.78, 5) is 2.65. The average Bonchev–Trinajstić information content (AvgIpc) is 2.46. The Morgan fingerprint density at radius 3 is 2.50 bits per heavy atom. The molecule has 1 aromatic rings. The van der Waals surface area contributed by atoms with Gasteiger partial charge in [0.2, 0.25) is 0 Å². The number of hydrogen-bond donors (Lipinski definition) is 0. The van der Waals surface area contributed by atoms with Crippen molar-refractivity contribution in [3.63, 3.8) is 0 Å². The molecule has 2 aliphatic rings. The highest BCUT2D eigenvalue weighted by Crippen LogP contribution is 2.30. The first-order valence-corrected chi connectivity index (χ1v) is 7.38. The number of rotatable bonds is 3. The molecule has 0 atom stereocenters. The topological polar surface area (TPSA) is 3.24 Å². The van der Waals surface area contributed by atoms with E-state index in [0.29, 0.717) is 0 Å². The van der Waals surface area contributed by atoms with Gasteiger partial charge in [-0.2, -0.15) is 0 Å². The standard InChI is InChI=1S/C17H23N/c1-2-6-15(7-3-1)10-12-18-13-11-16-8-4-5-9-17(16)14-18/h1-3,6-7H,4-5,8-14H2. The summed E-state index contributed by atoms with van der Waals surface area (Å²) in [7, 11) is 0. The van der Waals surface area contributed by atoms with Crippen molar-refractivity contribution in [2.45, 2.75) is 38.5 Å². The third kappa shape index (κ3) is 2.84. The zero-order valence-electron chi connectivity index (χ0n) is 11.2. The highest BCUT2D eigenvalue weighted by molar-refractivity contribution is 5.22. The van der Waals surface area contributed by atoms with Gasteiger partial charge in [0.15, 0.2) is 0 Å². The molecule has 0 spiro atoms. The molecule has 1 heterocycles. The van der Waals surface area contributed by atoms with Gasteiger partial charge in [-0.15, -0.1) is 0 Å². The van der Waals surface area contributed by atoms with Crippen molar-refractivity contribution < 1.29 is 0 Å². The van der Waals surface area contributed by atoms with Crippen LogP contribution in [0.1, 0.15) is 37.7 Å². The Bertz CT molecular complexity index is 418. The minimum atomic E-state index is 1.20. The maximum absolute atomic E-state index is 2.65. The predicted molar refractivity (Wildman–Crippen MR) is 76.7 cm³/mol. The van der Waals surface area contributed by atoms with E-state index in [9.17, 15) is 0 Å². The van der Waals surface area contributed by atoms with E-state index in [1.54, 1.807) is 11.1 Å². The van der Waals surface area contributed by atoms with Crippen molar-refractivity contribution >= 4 is 0 Å². The average molecular weight is 241 g/mol. The molecular formula is C17H23N. The summed E-state index contributed by atoms with van der Waals surface area (Å²) >= 11 is 0. The molecule has 0 saturated heterocycles. The van der Waals surface area contributed by atoms with Crippen LogP contribution in [0.2, 0.25) is 0 Å². The second-order valence-electron chi connectivity index (χ2n) is 5.68. The molecule has 0 saturated carbocycles. The van der Waals surface area contributed by atoms with Crippen LogP contribution in [0.5, 0.6) is 0 Å². The molecule has 0 N–H and O–H groups in total. The molecule has 1 nitrogen and oxygen atoms in total. The molecule has 0 fully saturated rings. The predicted octanol–water partition coefficient (Wildman–Crippen LogP) is 3.81. The summed E-state index contributed by atoms with van der Waals surface area (Å²) in [5.74, 6) is 0. The van der Waals surface area contributed by atoms with Gasteiger partial charge in [0.1, 0.15) is 0 Å². The lowest BCUT2D eigenvalue weighted by atomic mass is 9.87. The van der Waals surface area contributed by atoms with Crippen LogP contribution in [0.4, 0.5) is 0 Å². The maximum Gasteiger partial charge on any atom is 0.0195 e. The van der Waals surface area contributed by atoms with E-state index in [0.717, 1.165) is 0 Å². The molecule has 18 heavy (non-hydrogen) atoms. The highest BCUT2D eigenvalue weighted by atomic mass is 15.1. The molecule has 0 amide bonds. The van der Waals surface area contributed by atoms with Crippen LogP contribution in [0, 0.1) is 0 Å².